The van der Waals surface area contributed by atoms with Gasteiger partial charge in [-0.15, -0.1) is 12.4 Å². The third kappa shape index (κ3) is 3.71. The van der Waals surface area contributed by atoms with Crippen molar-refractivity contribution in [1.29, 1.82) is 0 Å². The van der Waals surface area contributed by atoms with Crippen molar-refractivity contribution in [3.63, 3.8) is 0 Å². The van der Waals surface area contributed by atoms with Crippen LogP contribution in [0.3, 0.4) is 0 Å². The molecule has 0 bridgehead atoms. The Hall–Kier alpha value is -2.90. The summed E-state index contributed by atoms with van der Waals surface area (Å²) >= 11 is 0. The number of aromatic nitrogens is 2. The molecule has 4 heterocycles. The van der Waals surface area contributed by atoms with Crippen molar-refractivity contribution in [2.45, 2.75) is 44.6 Å². The molecule has 1 aliphatic carbocycles. The Kier molecular flexibility index (Phi) is 6.00. The quantitative estimate of drug-likeness (QED) is 0.541. The number of carbonyl (C=O) groups is 1. The minimum Gasteiger partial charge on any atom is -0.370 e. The number of primary amides is 1. The van der Waals surface area contributed by atoms with Crippen LogP contribution in [0.1, 0.15) is 54.1 Å². The highest BCUT2D eigenvalue weighted by Gasteiger charge is 2.38. The van der Waals surface area contributed by atoms with Crippen molar-refractivity contribution in [3.05, 3.63) is 41.7 Å². The van der Waals surface area contributed by atoms with E-state index in [1.54, 1.807) is 0 Å². The number of rotatable bonds is 4. The molecule has 0 radical (unpaired) electrons. The predicted octanol–water partition coefficient (Wildman–Crippen LogP) is 4.64. The maximum atomic E-state index is 12.7. The average molecular weight is 505 g/mol. The molecule has 7 rings (SSSR count). The second-order valence-corrected chi connectivity index (χ2v) is 10.8. The van der Waals surface area contributed by atoms with Crippen LogP contribution in [-0.4, -0.2) is 47.9 Å². The fourth-order valence-electron chi connectivity index (χ4n) is 6.93. The fraction of sp³-hybridized carbons (Fsp3) is 0.464. The summed E-state index contributed by atoms with van der Waals surface area (Å²) in [6.45, 7) is 4.02. The van der Waals surface area contributed by atoms with Gasteiger partial charge >= 0.3 is 0 Å². The Bertz CT molecular complexity index is 1350. The van der Waals surface area contributed by atoms with E-state index in [0.717, 1.165) is 59.8 Å². The highest BCUT2D eigenvalue weighted by Crippen LogP contribution is 2.45. The largest absolute Gasteiger partial charge is 0.370 e. The van der Waals surface area contributed by atoms with E-state index in [1.165, 1.54) is 37.6 Å². The summed E-state index contributed by atoms with van der Waals surface area (Å²) in [5.74, 6) is 0.901. The highest BCUT2D eigenvalue weighted by molar-refractivity contribution is 6.06. The van der Waals surface area contributed by atoms with Crippen LogP contribution in [-0.2, 0) is 6.42 Å². The van der Waals surface area contributed by atoms with Gasteiger partial charge in [-0.2, -0.15) is 0 Å². The van der Waals surface area contributed by atoms with Gasteiger partial charge < -0.3 is 20.5 Å². The number of nitrogens with one attached hydrogen (secondary N) is 1. The van der Waals surface area contributed by atoms with Crippen LogP contribution < -0.4 is 16.0 Å². The molecule has 8 heteroatoms. The zero-order valence-electron chi connectivity index (χ0n) is 20.4. The SMILES string of the molecule is Cl.NC(=O)c1c(N2CC3CNCC3C2)cc(-c2ccc3c(c2)ncn3C2CCCCC2)c2c1CC=N2. The van der Waals surface area contributed by atoms with Crippen LogP contribution in [0.2, 0.25) is 0 Å². The number of halogens is 1. The number of carbonyl (C=O) groups excluding carboxylic acids is 1. The molecular weight excluding hydrogens is 472 g/mol. The number of anilines is 1. The maximum Gasteiger partial charge on any atom is 0.251 e. The number of nitrogens with two attached hydrogens (primary N) is 1. The first-order chi connectivity index (χ1) is 17.2. The van der Waals surface area contributed by atoms with Crippen LogP contribution in [0.15, 0.2) is 35.6 Å². The molecule has 188 valence electrons. The molecule has 1 aromatic heterocycles. The summed E-state index contributed by atoms with van der Waals surface area (Å²) in [5.41, 5.74) is 13.8. The molecule has 0 spiro atoms. The van der Waals surface area contributed by atoms with Gasteiger partial charge in [-0.3, -0.25) is 9.79 Å². The summed E-state index contributed by atoms with van der Waals surface area (Å²) in [5, 5.41) is 3.51. The molecule has 2 saturated heterocycles. The number of nitrogens with zero attached hydrogens (tertiary/aromatic N) is 4. The molecule has 36 heavy (non-hydrogen) atoms. The van der Waals surface area contributed by atoms with Crippen molar-refractivity contribution < 1.29 is 4.79 Å². The van der Waals surface area contributed by atoms with E-state index >= 15 is 0 Å². The number of benzene rings is 2. The summed E-state index contributed by atoms with van der Waals surface area (Å²) in [4.78, 5) is 24.6. The molecule has 3 aliphatic heterocycles. The Labute approximate surface area is 217 Å². The second kappa shape index (κ2) is 9.20. The van der Waals surface area contributed by atoms with E-state index in [4.69, 9.17) is 15.7 Å². The van der Waals surface area contributed by atoms with Crippen LogP contribution >= 0.6 is 12.4 Å². The number of imidazole rings is 1. The summed E-state index contributed by atoms with van der Waals surface area (Å²) in [6, 6.07) is 9.32. The Balaban J connectivity index is 0.00000240. The monoisotopic (exact) mass is 504 g/mol. The van der Waals surface area contributed by atoms with Crippen LogP contribution in [0.4, 0.5) is 11.4 Å². The van der Waals surface area contributed by atoms with Crippen molar-refractivity contribution in [1.82, 2.24) is 14.9 Å². The molecular formula is C28H33ClN6O. The number of fused-ring (bicyclic) bond motifs is 3. The smallest absolute Gasteiger partial charge is 0.251 e. The zero-order chi connectivity index (χ0) is 23.5. The lowest BCUT2D eigenvalue weighted by atomic mass is 9.93. The number of amides is 1. The fourth-order valence-corrected chi connectivity index (χ4v) is 6.93. The molecule has 3 fully saturated rings. The maximum absolute atomic E-state index is 12.7. The highest BCUT2D eigenvalue weighted by atomic mass is 35.5. The van der Waals surface area contributed by atoms with E-state index in [-0.39, 0.29) is 18.3 Å². The molecule has 7 nitrogen and oxygen atoms in total. The van der Waals surface area contributed by atoms with Crippen LogP contribution in [0.5, 0.6) is 0 Å². The molecule has 3 aromatic rings. The first-order valence-corrected chi connectivity index (χ1v) is 13.1. The predicted molar refractivity (Wildman–Crippen MR) is 147 cm³/mol. The zero-order valence-corrected chi connectivity index (χ0v) is 21.3. The molecule has 2 unspecified atom stereocenters. The minimum absolute atomic E-state index is 0. The van der Waals surface area contributed by atoms with E-state index in [1.807, 2.05) is 12.5 Å². The van der Waals surface area contributed by atoms with Crippen molar-refractivity contribution in [3.8, 4) is 11.1 Å². The van der Waals surface area contributed by atoms with Gasteiger partial charge in [0.05, 0.1) is 34.3 Å². The normalized spacial score (nSPS) is 23.2. The van der Waals surface area contributed by atoms with Crippen molar-refractivity contribution in [2.24, 2.45) is 22.6 Å². The summed E-state index contributed by atoms with van der Waals surface area (Å²) in [7, 11) is 0. The third-order valence-electron chi connectivity index (χ3n) is 8.73. The van der Waals surface area contributed by atoms with Gasteiger partial charge in [-0.1, -0.05) is 25.3 Å². The van der Waals surface area contributed by atoms with Gasteiger partial charge in [-0.25, -0.2) is 4.98 Å². The lowest BCUT2D eigenvalue weighted by Gasteiger charge is -2.25. The molecule has 2 aromatic carbocycles. The molecule has 1 amide bonds. The number of aliphatic imine (C=N–C) groups is 1. The van der Waals surface area contributed by atoms with Crippen LogP contribution in [0, 0.1) is 11.8 Å². The Morgan fingerprint density at radius 3 is 2.58 bits per heavy atom. The number of hydrogen-bond acceptors (Lipinski definition) is 5. The van der Waals surface area contributed by atoms with E-state index in [0.29, 0.717) is 29.9 Å². The second-order valence-electron chi connectivity index (χ2n) is 10.8. The molecule has 4 aliphatic rings. The number of hydrogen-bond donors (Lipinski definition) is 2. The first kappa shape index (κ1) is 23.5. The van der Waals surface area contributed by atoms with Crippen LogP contribution in [0.25, 0.3) is 22.2 Å². The first-order valence-electron chi connectivity index (χ1n) is 13.1. The van der Waals surface area contributed by atoms with Gasteiger partial charge in [0.25, 0.3) is 5.91 Å². The van der Waals surface area contributed by atoms with Crippen molar-refractivity contribution in [2.75, 3.05) is 31.1 Å². The standard InChI is InChI=1S/C28H32N6O.ClH/c29-28(35)26-21-8-9-31-27(21)22(11-25(26)33-14-18-12-30-13-19(18)15-33)17-6-7-24-23(10-17)32-16-34(24)20-4-2-1-3-5-20;/h6-7,9-11,16,18-20,30H,1-5,8,12-15H2,(H2,29,35);1H. The van der Waals surface area contributed by atoms with Gasteiger partial charge in [0.1, 0.15) is 0 Å². The van der Waals surface area contributed by atoms with Gasteiger partial charge in [0.15, 0.2) is 0 Å². The van der Waals surface area contributed by atoms with Crippen molar-refractivity contribution >= 4 is 46.9 Å². The lowest BCUT2D eigenvalue weighted by Crippen LogP contribution is -2.28. The van der Waals surface area contributed by atoms with E-state index in [9.17, 15) is 4.79 Å². The molecule has 1 saturated carbocycles. The molecule has 2 atom stereocenters. The third-order valence-corrected chi connectivity index (χ3v) is 8.73. The van der Waals surface area contributed by atoms with E-state index in [2.05, 4.69) is 39.0 Å². The van der Waals surface area contributed by atoms with E-state index < -0.39 is 0 Å². The average Bonchev–Trinajstić information content (AvgIpc) is 3.66. The van der Waals surface area contributed by atoms with Gasteiger partial charge in [-0.05, 0) is 54.0 Å². The Morgan fingerprint density at radius 1 is 1.06 bits per heavy atom. The van der Waals surface area contributed by atoms with Gasteiger partial charge in [0.2, 0.25) is 0 Å². The Morgan fingerprint density at radius 2 is 1.83 bits per heavy atom. The minimum atomic E-state index is -0.356. The van der Waals surface area contributed by atoms with Gasteiger partial charge in [0, 0.05) is 50.4 Å². The summed E-state index contributed by atoms with van der Waals surface area (Å²) in [6.07, 6.45) is 11.0. The molecule has 3 N–H and O–H groups in total. The summed E-state index contributed by atoms with van der Waals surface area (Å²) < 4.78 is 2.37. The topological polar surface area (TPSA) is 88.5 Å². The lowest BCUT2D eigenvalue weighted by molar-refractivity contribution is 0.1000.